The Kier molecular flexibility index (Phi) is 7.13. The third kappa shape index (κ3) is 5.05. The number of halogens is 4. The molecular formula is C22H22ClF3N4O4. The molecule has 182 valence electrons. The molecule has 2 aromatic rings. The third-order valence-corrected chi connectivity index (χ3v) is 6.27. The number of anilines is 2. The second-order valence-electron chi connectivity index (χ2n) is 8.12. The quantitative estimate of drug-likeness (QED) is 0.364. The maximum atomic E-state index is 14.5. The van der Waals surface area contributed by atoms with Crippen molar-refractivity contribution in [2.75, 3.05) is 49.5 Å². The first-order valence-corrected chi connectivity index (χ1v) is 11.1. The number of hydrogen-bond donors (Lipinski definition) is 1. The maximum Gasteiger partial charge on any atom is 0.295 e. The smallest absolute Gasteiger partial charge is 0.295 e. The highest BCUT2D eigenvalue weighted by atomic mass is 35.5. The predicted molar refractivity (Wildman–Crippen MR) is 120 cm³/mol. The molecule has 4 rings (SSSR count). The van der Waals surface area contributed by atoms with Gasteiger partial charge >= 0.3 is 0 Å². The van der Waals surface area contributed by atoms with Gasteiger partial charge in [-0.15, -0.1) is 0 Å². The van der Waals surface area contributed by atoms with E-state index in [1.165, 1.54) is 11.0 Å². The Balaban J connectivity index is 1.49. The normalized spacial score (nSPS) is 18.3. The molecule has 2 aliphatic rings. The molecule has 8 nitrogen and oxygen atoms in total. The lowest BCUT2D eigenvalue weighted by molar-refractivity contribution is -0.384. The lowest BCUT2D eigenvalue weighted by atomic mass is 10.1. The fourth-order valence-corrected chi connectivity index (χ4v) is 4.35. The lowest BCUT2D eigenvalue weighted by Crippen LogP contribution is -2.49. The molecule has 0 saturated carbocycles. The minimum absolute atomic E-state index is 0.0456. The molecule has 1 atom stereocenters. The van der Waals surface area contributed by atoms with Crippen molar-refractivity contribution in [1.82, 2.24) is 4.90 Å². The number of piperazine rings is 1. The van der Waals surface area contributed by atoms with Crippen LogP contribution in [0.5, 0.6) is 0 Å². The molecule has 2 saturated heterocycles. The Bertz CT molecular complexity index is 1110. The van der Waals surface area contributed by atoms with Gasteiger partial charge in [-0.05, 0) is 31.0 Å². The summed E-state index contributed by atoms with van der Waals surface area (Å²) < 4.78 is 47.0. The predicted octanol–water partition coefficient (Wildman–Crippen LogP) is 4.22. The molecule has 1 amide bonds. The highest BCUT2D eigenvalue weighted by molar-refractivity contribution is 6.33. The van der Waals surface area contributed by atoms with E-state index >= 15 is 0 Å². The van der Waals surface area contributed by atoms with Gasteiger partial charge in [0.25, 0.3) is 11.6 Å². The van der Waals surface area contributed by atoms with Gasteiger partial charge in [-0.3, -0.25) is 14.9 Å². The molecule has 2 aromatic carbocycles. The molecule has 12 heteroatoms. The number of nitro benzene ring substituents is 1. The zero-order valence-electron chi connectivity index (χ0n) is 18.0. The van der Waals surface area contributed by atoms with E-state index in [1.54, 1.807) is 4.90 Å². The van der Waals surface area contributed by atoms with Crippen LogP contribution in [0.3, 0.4) is 0 Å². The van der Waals surface area contributed by atoms with Gasteiger partial charge in [0.2, 0.25) is 0 Å². The number of carbonyl (C=O) groups excluding carboxylic acids is 1. The molecule has 1 N–H and O–H groups in total. The van der Waals surface area contributed by atoms with E-state index in [2.05, 4.69) is 5.32 Å². The van der Waals surface area contributed by atoms with Crippen molar-refractivity contribution < 1.29 is 27.6 Å². The Morgan fingerprint density at radius 1 is 1.12 bits per heavy atom. The summed E-state index contributed by atoms with van der Waals surface area (Å²) in [5.41, 5.74) is -0.201. The number of nitro groups is 1. The number of nitrogens with zero attached hydrogens (tertiary/aromatic N) is 3. The number of ether oxygens (including phenoxy) is 1. The second-order valence-corrected chi connectivity index (χ2v) is 8.53. The van der Waals surface area contributed by atoms with Crippen molar-refractivity contribution in [2.45, 2.75) is 18.9 Å². The van der Waals surface area contributed by atoms with Crippen LogP contribution in [-0.2, 0) is 4.74 Å². The van der Waals surface area contributed by atoms with Gasteiger partial charge in [-0.1, -0.05) is 11.6 Å². The molecule has 34 heavy (non-hydrogen) atoms. The minimum atomic E-state index is -1.18. The molecule has 0 unspecified atom stereocenters. The lowest BCUT2D eigenvalue weighted by Gasteiger charge is -2.36. The topological polar surface area (TPSA) is 88.0 Å². The van der Waals surface area contributed by atoms with E-state index in [0.717, 1.165) is 31.0 Å². The minimum Gasteiger partial charge on any atom is -0.380 e. The maximum absolute atomic E-state index is 14.5. The van der Waals surface area contributed by atoms with Gasteiger partial charge in [0.15, 0.2) is 17.5 Å². The summed E-state index contributed by atoms with van der Waals surface area (Å²) in [5, 5.41) is 14.3. The number of rotatable bonds is 6. The summed E-state index contributed by atoms with van der Waals surface area (Å²) in [4.78, 5) is 26.8. The van der Waals surface area contributed by atoms with Crippen LogP contribution < -0.4 is 10.2 Å². The first-order chi connectivity index (χ1) is 16.2. The van der Waals surface area contributed by atoms with Crippen LogP contribution >= 0.6 is 11.6 Å². The van der Waals surface area contributed by atoms with Gasteiger partial charge in [0.05, 0.1) is 33.4 Å². The summed E-state index contributed by atoms with van der Waals surface area (Å²) >= 11 is 5.91. The molecule has 2 fully saturated rings. The van der Waals surface area contributed by atoms with Gasteiger partial charge in [-0.2, -0.15) is 0 Å². The van der Waals surface area contributed by atoms with Crippen LogP contribution in [0.1, 0.15) is 23.2 Å². The standard InChI is InChI=1S/C22H22ClF3N4O4/c23-15-9-17(25)16(24)8-14(15)22(31)29-5-3-28(4-6-29)20-11-19(18(26)10-21(20)30(32)33)27-12-13-2-1-7-34-13/h8-11,13,27H,1-7,12H2/t13-/m0/s1. The van der Waals surface area contributed by atoms with Crippen LogP contribution in [0.25, 0.3) is 0 Å². The summed E-state index contributed by atoms with van der Waals surface area (Å²) in [5.74, 6) is -3.65. The highest BCUT2D eigenvalue weighted by Crippen LogP contribution is 2.34. The van der Waals surface area contributed by atoms with Crippen molar-refractivity contribution in [2.24, 2.45) is 0 Å². The number of hydrogen-bond acceptors (Lipinski definition) is 6. The number of benzene rings is 2. The molecule has 0 spiro atoms. The monoisotopic (exact) mass is 498 g/mol. The Morgan fingerprint density at radius 3 is 2.47 bits per heavy atom. The third-order valence-electron chi connectivity index (χ3n) is 5.95. The average molecular weight is 499 g/mol. The molecule has 0 radical (unpaired) electrons. The van der Waals surface area contributed by atoms with E-state index in [9.17, 15) is 28.1 Å². The number of nitrogens with one attached hydrogen (secondary N) is 1. The average Bonchev–Trinajstić information content (AvgIpc) is 3.34. The molecule has 2 heterocycles. The van der Waals surface area contributed by atoms with Crippen LogP contribution in [0.2, 0.25) is 5.02 Å². The Morgan fingerprint density at radius 2 is 1.82 bits per heavy atom. The first-order valence-electron chi connectivity index (χ1n) is 10.8. The second kappa shape index (κ2) is 10.1. The van der Waals surface area contributed by atoms with Gasteiger partial charge in [-0.25, -0.2) is 13.2 Å². The Hall–Kier alpha value is -3.05. The SMILES string of the molecule is O=C(c1cc(F)c(F)cc1Cl)N1CCN(c2cc(NC[C@@H]3CCCO3)c(F)cc2[N+](=O)[O-])CC1. The summed E-state index contributed by atoms with van der Waals surface area (Å²) in [6, 6.07) is 3.77. The van der Waals surface area contributed by atoms with Crippen LogP contribution in [0.15, 0.2) is 24.3 Å². The van der Waals surface area contributed by atoms with Crippen LogP contribution in [0, 0.1) is 27.6 Å². The van der Waals surface area contributed by atoms with Crippen molar-refractivity contribution >= 4 is 34.6 Å². The van der Waals surface area contributed by atoms with E-state index in [-0.39, 0.29) is 59.9 Å². The van der Waals surface area contributed by atoms with Crippen LogP contribution in [-0.4, -0.2) is 61.2 Å². The largest absolute Gasteiger partial charge is 0.380 e. The zero-order valence-corrected chi connectivity index (χ0v) is 18.8. The summed E-state index contributed by atoms with van der Waals surface area (Å²) in [7, 11) is 0. The van der Waals surface area contributed by atoms with Gasteiger partial charge in [0, 0.05) is 39.3 Å². The first kappa shape index (κ1) is 24.1. The van der Waals surface area contributed by atoms with Crippen molar-refractivity contribution in [3.8, 4) is 0 Å². The van der Waals surface area contributed by atoms with E-state index in [0.29, 0.717) is 13.2 Å². The van der Waals surface area contributed by atoms with Crippen LogP contribution in [0.4, 0.5) is 30.2 Å². The molecular weight excluding hydrogens is 477 g/mol. The highest BCUT2D eigenvalue weighted by Gasteiger charge is 2.29. The van der Waals surface area contributed by atoms with Gasteiger partial charge in [0.1, 0.15) is 5.69 Å². The van der Waals surface area contributed by atoms with E-state index in [1.807, 2.05) is 0 Å². The molecule has 2 aliphatic heterocycles. The van der Waals surface area contributed by atoms with E-state index in [4.69, 9.17) is 16.3 Å². The zero-order chi connectivity index (χ0) is 24.4. The van der Waals surface area contributed by atoms with E-state index < -0.39 is 28.3 Å². The summed E-state index contributed by atoms with van der Waals surface area (Å²) in [6.07, 6.45) is 1.74. The molecule has 0 bridgehead atoms. The van der Waals surface area contributed by atoms with Crippen molar-refractivity contribution in [1.29, 1.82) is 0 Å². The van der Waals surface area contributed by atoms with Crippen molar-refractivity contribution in [3.63, 3.8) is 0 Å². The fourth-order valence-electron chi connectivity index (χ4n) is 4.12. The Labute approximate surface area is 198 Å². The summed E-state index contributed by atoms with van der Waals surface area (Å²) in [6.45, 7) is 1.77. The van der Waals surface area contributed by atoms with Gasteiger partial charge < -0.3 is 19.9 Å². The number of carbonyl (C=O) groups is 1. The fraction of sp³-hybridized carbons (Fsp3) is 0.409. The molecule has 0 aromatic heterocycles. The molecule has 0 aliphatic carbocycles. The van der Waals surface area contributed by atoms with Crippen molar-refractivity contribution in [3.05, 3.63) is 62.4 Å². The number of amides is 1.